The summed E-state index contributed by atoms with van der Waals surface area (Å²) in [5, 5.41) is 19.6. The Morgan fingerprint density at radius 2 is 1.53 bits per heavy atom. The van der Waals surface area contributed by atoms with Crippen LogP contribution in [-0.4, -0.2) is 133 Å². The highest BCUT2D eigenvalue weighted by atomic mass is 32.1. The van der Waals surface area contributed by atoms with Crippen LogP contribution in [0.1, 0.15) is 94.2 Å². The summed E-state index contributed by atoms with van der Waals surface area (Å²) in [5.74, 6) is 2.46. The maximum atomic E-state index is 14.4. The van der Waals surface area contributed by atoms with Crippen LogP contribution in [0.2, 0.25) is 0 Å². The van der Waals surface area contributed by atoms with Gasteiger partial charge in [0.1, 0.15) is 29.2 Å². The number of ether oxygens (including phenoxy) is 4. The summed E-state index contributed by atoms with van der Waals surface area (Å²) in [5.41, 5.74) is 4.91. The fourth-order valence-corrected chi connectivity index (χ4v) is 11.7. The predicted molar refractivity (Wildman–Crippen MR) is 292 cm³/mol. The summed E-state index contributed by atoms with van der Waals surface area (Å²) >= 11 is 1.60. The smallest absolute Gasteiger partial charge is 0.246 e. The molecule has 0 spiro atoms. The molecule has 6 aromatic rings. The van der Waals surface area contributed by atoms with Crippen molar-refractivity contribution in [1.29, 1.82) is 0 Å². The Morgan fingerprint density at radius 3 is 2.30 bits per heavy atom. The highest BCUT2D eigenvalue weighted by Crippen LogP contribution is 2.40. The maximum Gasteiger partial charge on any atom is 0.246 e. The van der Waals surface area contributed by atoms with Gasteiger partial charge in [-0.1, -0.05) is 73.9 Å². The number of anilines is 2. The van der Waals surface area contributed by atoms with Crippen LogP contribution >= 0.6 is 11.3 Å². The van der Waals surface area contributed by atoms with E-state index in [0.29, 0.717) is 58.7 Å². The van der Waals surface area contributed by atoms with Crippen LogP contribution in [0.25, 0.3) is 33.3 Å². The van der Waals surface area contributed by atoms with Gasteiger partial charge in [-0.2, -0.15) is 5.10 Å². The molecule has 0 bridgehead atoms. The summed E-state index contributed by atoms with van der Waals surface area (Å²) < 4.78 is 26.2. The number of hydrogen-bond acceptors (Lipinski definition) is 14. The second-order valence-electron chi connectivity index (χ2n) is 20.1. The normalized spacial score (nSPS) is 19.1. The van der Waals surface area contributed by atoms with E-state index in [0.717, 1.165) is 114 Å². The number of benzene rings is 3. The lowest BCUT2D eigenvalue weighted by molar-refractivity contribution is -0.139. The van der Waals surface area contributed by atoms with E-state index in [4.69, 9.17) is 34.0 Å². The van der Waals surface area contributed by atoms with Gasteiger partial charge in [-0.3, -0.25) is 9.59 Å². The third-order valence-electron chi connectivity index (χ3n) is 14.8. The van der Waals surface area contributed by atoms with Gasteiger partial charge in [-0.05, 0) is 100 Å². The van der Waals surface area contributed by atoms with Crippen LogP contribution in [0.4, 0.5) is 11.8 Å². The second kappa shape index (κ2) is 26.0. The van der Waals surface area contributed by atoms with E-state index in [2.05, 4.69) is 73.7 Å². The molecule has 3 aromatic heterocycles. The van der Waals surface area contributed by atoms with Crippen molar-refractivity contribution in [3.63, 3.8) is 0 Å². The zero-order valence-corrected chi connectivity index (χ0v) is 44.4. The first-order valence-electron chi connectivity index (χ1n) is 26.8. The van der Waals surface area contributed by atoms with Crippen molar-refractivity contribution in [2.45, 2.75) is 114 Å². The monoisotopic (exact) mass is 1030 g/mol. The third-order valence-corrected chi connectivity index (χ3v) is 15.7. The zero-order chi connectivity index (χ0) is 51.2. The van der Waals surface area contributed by atoms with Crippen molar-refractivity contribution in [3.05, 3.63) is 101 Å². The van der Waals surface area contributed by atoms with Gasteiger partial charge in [-0.25, -0.2) is 19.6 Å². The van der Waals surface area contributed by atoms with E-state index in [1.54, 1.807) is 18.4 Å². The Morgan fingerprint density at radius 1 is 0.784 bits per heavy atom. The van der Waals surface area contributed by atoms with Crippen molar-refractivity contribution < 1.29 is 28.5 Å². The van der Waals surface area contributed by atoms with E-state index in [-0.39, 0.29) is 42.0 Å². The molecule has 2 amide bonds. The quantitative estimate of drug-likeness (QED) is 0.0492. The van der Waals surface area contributed by atoms with Crippen LogP contribution in [-0.2, 0) is 30.3 Å². The topological polar surface area (TPSA) is 170 Å². The van der Waals surface area contributed by atoms with Crippen LogP contribution in [0, 0.1) is 5.92 Å². The minimum atomic E-state index is -0.522. The lowest BCUT2D eigenvalue weighted by Gasteiger charge is -2.35. The molecule has 9 rings (SSSR count). The number of nitrogens with one attached hydrogen (secondary N) is 3. The van der Waals surface area contributed by atoms with Gasteiger partial charge < -0.3 is 44.7 Å². The molecule has 0 radical (unpaired) electrons. The molecule has 3 fully saturated rings. The molecule has 2 aliphatic carbocycles. The molecule has 3 N–H and O–H groups in total. The number of amides is 2. The van der Waals surface area contributed by atoms with Gasteiger partial charge in [-0.15, -0.1) is 11.3 Å². The number of carbonyl (C=O) groups is 2. The average Bonchev–Trinajstić information content (AvgIpc) is 4.23. The first kappa shape index (κ1) is 52.9. The van der Waals surface area contributed by atoms with E-state index < -0.39 is 6.04 Å². The van der Waals surface area contributed by atoms with Gasteiger partial charge in [0.25, 0.3) is 0 Å². The maximum absolute atomic E-state index is 14.4. The standard InChI is InChI=1S/C57H74N10O6S/c1-39(58-2)53(68)64-52(41-16-9-6-10-17-41)56(69)66-29-13-20-50(66)54-62-49(38-74-54)45-25-26-51(46-19-12-11-18-44(45)46)73-35-33-71-31-30-70-32-34-72-43-23-21-42(22-24-43)61-57-59-28-27-48(63-57)47-36-60-67(55(47)65(3)4)37-40-14-7-5-8-15-40/h5,7-8,11-12,14-15,18-19,25-28,36,38-39,41-43,50,52,58H,6,9-10,13,16-17,20-24,29-35,37H2,1-4H3,(H,64,68)(H,59,61,63)/t39-,42?,43?,50-,52-/m0/s1. The minimum absolute atomic E-state index is 0.0232. The van der Waals surface area contributed by atoms with E-state index in [9.17, 15) is 9.59 Å². The summed E-state index contributed by atoms with van der Waals surface area (Å²) in [4.78, 5) is 46.2. The molecule has 1 saturated heterocycles. The lowest BCUT2D eigenvalue weighted by atomic mass is 9.83. The molecule has 2 saturated carbocycles. The number of fused-ring (bicyclic) bond motifs is 1. The van der Waals surface area contributed by atoms with Crippen molar-refractivity contribution in [2.75, 3.05) is 77.5 Å². The largest absolute Gasteiger partial charge is 0.491 e. The average molecular weight is 1030 g/mol. The van der Waals surface area contributed by atoms with E-state index in [1.165, 1.54) is 12.0 Å². The summed E-state index contributed by atoms with van der Waals surface area (Å²) in [6, 6.07) is 23.9. The molecule has 4 heterocycles. The number of thiazole rings is 1. The Kier molecular flexibility index (Phi) is 18.6. The van der Waals surface area contributed by atoms with Crippen LogP contribution in [0.5, 0.6) is 5.75 Å². The molecule has 1 aliphatic heterocycles. The van der Waals surface area contributed by atoms with Gasteiger partial charge in [0.05, 0.1) is 80.9 Å². The predicted octanol–water partition coefficient (Wildman–Crippen LogP) is 8.92. The third kappa shape index (κ3) is 13.3. The number of carbonyl (C=O) groups excluding carboxylic acids is 2. The van der Waals surface area contributed by atoms with Gasteiger partial charge in [0.2, 0.25) is 17.8 Å². The molecule has 3 aromatic carbocycles. The second-order valence-corrected chi connectivity index (χ2v) is 20.9. The Bertz CT molecular complexity index is 2740. The fourth-order valence-electron chi connectivity index (χ4n) is 10.8. The summed E-state index contributed by atoms with van der Waals surface area (Å²) in [6.45, 7) is 6.03. The number of likely N-dealkylation sites (tertiary alicyclic amines) is 1. The zero-order valence-electron chi connectivity index (χ0n) is 43.5. The molecule has 3 aliphatic rings. The molecule has 74 heavy (non-hydrogen) atoms. The van der Waals surface area contributed by atoms with E-state index >= 15 is 0 Å². The number of aromatic nitrogens is 5. The molecule has 394 valence electrons. The first-order chi connectivity index (χ1) is 36.2. The SMILES string of the molecule is CN[C@@H](C)C(=O)N[C@H](C(=O)N1CCC[C@H]1c1nc(-c2ccc(OCCOCCOCCOC3CCC(Nc4nccc(-c5cnn(Cc6ccccc6)c5N(C)C)n4)CC3)c3ccccc23)cs1)C1CCCCC1. The molecule has 0 unspecified atom stereocenters. The molecule has 16 nitrogen and oxygen atoms in total. The van der Waals surface area contributed by atoms with Crippen molar-refractivity contribution >= 4 is 45.7 Å². The Balaban J connectivity index is 0.678. The first-order valence-corrected chi connectivity index (χ1v) is 27.6. The van der Waals surface area contributed by atoms with Crippen LogP contribution < -0.4 is 25.6 Å². The number of hydrogen-bond donors (Lipinski definition) is 3. The molecule has 17 heteroatoms. The minimum Gasteiger partial charge on any atom is -0.491 e. The van der Waals surface area contributed by atoms with Crippen LogP contribution in [0.3, 0.4) is 0 Å². The Hall–Kier alpha value is -5.98. The highest BCUT2D eigenvalue weighted by molar-refractivity contribution is 7.10. The van der Waals surface area contributed by atoms with Crippen molar-refractivity contribution in [3.8, 4) is 28.3 Å². The number of likely N-dealkylation sites (N-methyl/N-ethyl adjacent to an activating group) is 1. The highest BCUT2D eigenvalue weighted by Gasteiger charge is 2.40. The number of nitrogens with zero attached hydrogens (tertiary/aromatic N) is 7. The van der Waals surface area contributed by atoms with Gasteiger partial charge >= 0.3 is 0 Å². The fraction of sp³-hybridized carbons (Fsp3) is 0.509. The van der Waals surface area contributed by atoms with Gasteiger partial charge in [0, 0.05) is 49.2 Å². The number of rotatable bonds is 24. The molecular formula is C57H74N10O6S. The van der Waals surface area contributed by atoms with Crippen molar-refractivity contribution in [2.24, 2.45) is 5.92 Å². The van der Waals surface area contributed by atoms with Crippen LogP contribution in [0.15, 0.2) is 90.6 Å². The molecule has 3 atom stereocenters. The van der Waals surface area contributed by atoms with Crippen molar-refractivity contribution in [1.82, 2.24) is 40.3 Å². The van der Waals surface area contributed by atoms with Gasteiger partial charge in [0.15, 0.2) is 0 Å². The summed E-state index contributed by atoms with van der Waals surface area (Å²) in [7, 11) is 5.84. The summed E-state index contributed by atoms with van der Waals surface area (Å²) in [6.07, 6.45) is 14.8. The Labute approximate surface area is 439 Å². The van der Waals surface area contributed by atoms with E-state index in [1.807, 2.05) is 73.3 Å². The molecular weight excluding hydrogens is 953 g/mol. The lowest BCUT2D eigenvalue weighted by Crippen LogP contribution is -2.55.